The molecule has 11 aromatic rings. The second kappa shape index (κ2) is 50.6. The maximum absolute atomic E-state index is 12.5. The number of ether oxygens (including phenoxy) is 2. The van der Waals surface area contributed by atoms with Crippen LogP contribution in [0, 0.1) is 0 Å². The third kappa shape index (κ3) is 34.6. The van der Waals surface area contributed by atoms with Gasteiger partial charge in [0.1, 0.15) is 26.3 Å². The molecule has 3 aliphatic heterocycles. The van der Waals surface area contributed by atoms with Crippen LogP contribution in [0.4, 0.5) is 73.1 Å². The van der Waals surface area contributed by atoms with Crippen molar-refractivity contribution < 1.29 is 52.7 Å². The first-order valence-electron chi connectivity index (χ1n) is 42.5. The predicted octanol–water partition coefficient (Wildman–Crippen LogP) is 18.8. The molecule has 718 valence electrons. The number of rotatable bonds is 24. The molecule has 2 amide bonds. The fourth-order valence-electron chi connectivity index (χ4n) is 12.7. The lowest BCUT2D eigenvalue weighted by Gasteiger charge is -2.35. The van der Waals surface area contributed by atoms with Crippen LogP contribution in [0.15, 0.2) is 220 Å². The summed E-state index contributed by atoms with van der Waals surface area (Å²) < 4.78 is 107. The lowest BCUT2D eigenvalue weighted by atomic mass is 10.2. The summed E-state index contributed by atoms with van der Waals surface area (Å²) in [5.41, 5.74) is 12.0. The van der Waals surface area contributed by atoms with Crippen molar-refractivity contribution in [2.24, 2.45) is 0 Å². The molecule has 0 saturated carbocycles. The Hall–Kier alpha value is -10.1. The lowest BCUT2D eigenvalue weighted by molar-refractivity contribution is 0.0129. The zero-order chi connectivity index (χ0) is 97.6. The number of benzene rings is 7. The van der Waals surface area contributed by atoms with Gasteiger partial charge in [0, 0.05) is 115 Å². The average molecular weight is 2050 g/mol. The first-order chi connectivity index (χ1) is 63.5. The van der Waals surface area contributed by atoms with Gasteiger partial charge in [0.15, 0.2) is 62.0 Å². The van der Waals surface area contributed by atoms with E-state index in [4.69, 9.17) is 96.4 Å². The Kier molecular flexibility index (Phi) is 40.6. The summed E-state index contributed by atoms with van der Waals surface area (Å²) in [6.45, 7) is 30.4. The van der Waals surface area contributed by atoms with Crippen molar-refractivity contribution in [2.75, 3.05) is 134 Å². The minimum atomic E-state index is -3.44. The molecule has 0 spiro atoms. The third-order valence-electron chi connectivity index (χ3n) is 19.8. The monoisotopic (exact) mass is 2050 g/mol. The lowest BCUT2D eigenvalue weighted by Crippen LogP contribution is -2.49. The number of hydrogen-bond donors (Lipinski definition) is 7. The van der Waals surface area contributed by atoms with Gasteiger partial charge in [0.05, 0.1) is 89.5 Å². The first-order valence-corrected chi connectivity index (χ1v) is 51.8. The largest absolute Gasteiger partial charge is 0.444 e. The summed E-state index contributed by atoms with van der Waals surface area (Å²) in [7, 11) is -13.2. The molecule has 0 radical (unpaired) electrons. The molecule has 0 unspecified atom stereocenters. The number of carbonyl (C=O) groups excluding carboxylic acids is 2. The van der Waals surface area contributed by atoms with Crippen molar-refractivity contribution >= 4 is 196 Å². The molecule has 134 heavy (non-hydrogen) atoms. The summed E-state index contributed by atoms with van der Waals surface area (Å²) in [6.07, 6.45) is 5.15. The number of halogens is 7. The number of para-hydroxylation sites is 3. The minimum Gasteiger partial charge on any atom is -0.444 e. The Morgan fingerprint density at radius 1 is 0.373 bits per heavy atom. The van der Waals surface area contributed by atoms with Gasteiger partial charge in [-0.1, -0.05) is 177 Å². The number of sulfone groups is 4. The van der Waals surface area contributed by atoms with Gasteiger partial charge in [-0.05, 0) is 166 Å². The molecular weight excluding hydrogens is 1940 g/mol. The highest BCUT2D eigenvalue weighted by atomic mass is 35.5. The van der Waals surface area contributed by atoms with Crippen molar-refractivity contribution in [1.82, 2.24) is 69.7 Å². The van der Waals surface area contributed by atoms with Gasteiger partial charge in [-0.15, -0.1) is 0 Å². The van der Waals surface area contributed by atoms with Crippen LogP contribution >= 0.6 is 81.2 Å². The van der Waals surface area contributed by atoms with Crippen LogP contribution in [0.3, 0.4) is 0 Å². The fourth-order valence-corrected chi connectivity index (χ4v) is 17.7. The topological polar surface area (TPSA) is 407 Å². The molecule has 32 nitrogen and oxygen atoms in total. The molecule has 3 fully saturated rings. The number of piperazine rings is 3. The summed E-state index contributed by atoms with van der Waals surface area (Å²) in [4.78, 5) is 68.1. The second-order valence-electron chi connectivity index (χ2n) is 32.1. The van der Waals surface area contributed by atoms with Crippen LogP contribution in [0.25, 0.3) is 0 Å². The molecule has 8 N–H and O–H groups in total. The highest BCUT2D eigenvalue weighted by molar-refractivity contribution is 7.92. The van der Waals surface area contributed by atoms with Crippen LogP contribution in [-0.2, 0) is 68.5 Å². The minimum absolute atomic E-state index is 0.000644. The van der Waals surface area contributed by atoms with Crippen molar-refractivity contribution in [1.29, 1.82) is 0 Å². The third-order valence-corrected chi connectivity index (χ3v) is 28.8. The van der Waals surface area contributed by atoms with E-state index in [1.807, 2.05) is 90.1 Å². The van der Waals surface area contributed by atoms with Crippen molar-refractivity contribution in [3.05, 3.63) is 253 Å². The van der Waals surface area contributed by atoms with E-state index in [1.165, 1.54) is 42.0 Å². The number of anilines is 11. The molecule has 3 aliphatic rings. The Morgan fingerprint density at radius 3 is 1.03 bits per heavy atom. The van der Waals surface area contributed by atoms with E-state index in [2.05, 4.69) is 111 Å². The molecular formula is C91H109Cl7N20O12S4. The maximum Gasteiger partial charge on any atom is 0.410 e. The van der Waals surface area contributed by atoms with Crippen LogP contribution in [0.5, 0.6) is 0 Å². The number of carbonyl (C=O) groups is 2. The van der Waals surface area contributed by atoms with E-state index in [-0.39, 0.29) is 86.5 Å². The van der Waals surface area contributed by atoms with Crippen LogP contribution in [0.1, 0.15) is 85.9 Å². The van der Waals surface area contributed by atoms with Crippen molar-refractivity contribution in [3.63, 3.8) is 0 Å². The summed E-state index contributed by atoms with van der Waals surface area (Å²) >= 11 is 40.5. The number of hydrogen-bond acceptors (Lipinski definition) is 30. The zero-order valence-corrected chi connectivity index (χ0v) is 84.1. The fraction of sp³-hybridized carbons (Fsp3) is 0.341. The number of aromatic nitrogens is 8. The molecule has 7 heterocycles. The molecule has 43 heteroatoms. The SMILES string of the molecule is CC(C)(C)OC(=O)N1CCN(Cc2ccc(N)cc2)CC1.CCS(=O)(=O)c1ccccc1.CCS(=O)(=O)c1ccccc1Nc1nc(Cl)ncc1Cl.CCS(=O)(=O)c1ccccc1Nc1nc(Nc2ccc(CN3CCN(C(=O)OC(C)(C)C)CC3)cc2)ncc1Cl.CCS(=O)(=O)c1ccccc1Nc1nc(Nc2ccc(CN3CCNCC3)cc2)ncc1Cl.Clc1ncc(Cl)c(Cl)n1. The van der Waals surface area contributed by atoms with Gasteiger partial charge in [-0.2, -0.15) is 15.0 Å². The molecule has 0 atom stereocenters. The summed E-state index contributed by atoms with van der Waals surface area (Å²) in [6, 6.07) is 52.4. The molecule has 14 rings (SSSR count). The highest BCUT2D eigenvalue weighted by Crippen LogP contribution is 2.34. The molecule has 0 bridgehead atoms. The van der Waals surface area contributed by atoms with Crippen molar-refractivity contribution in [3.8, 4) is 0 Å². The van der Waals surface area contributed by atoms with Crippen LogP contribution in [-0.4, -0.2) is 223 Å². The summed E-state index contributed by atoms with van der Waals surface area (Å²) in [5.74, 6) is 1.69. The van der Waals surface area contributed by atoms with Gasteiger partial charge in [-0.25, -0.2) is 68.2 Å². The number of nitrogen functional groups attached to an aromatic ring is 1. The number of nitrogens with zero attached hydrogens (tertiary/aromatic N) is 13. The highest BCUT2D eigenvalue weighted by Gasteiger charge is 2.29. The Bertz CT molecular complexity index is 6190. The van der Waals surface area contributed by atoms with Gasteiger partial charge < -0.3 is 56.9 Å². The van der Waals surface area contributed by atoms with Gasteiger partial charge >= 0.3 is 12.2 Å². The predicted molar refractivity (Wildman–Crippen MR) is 534 cm³/mol. The Balaban J connectivity index is 0.000000192. The second-order valence-corrected chi connectivity index (χ2v) is 43.8. The van der Waals surface area contributed by atoms with Crippen LogP contribution < -0.4 is 37.6 Å². The number of nitrogens with two attached hydrogens (primary N) is 1. The van der Waals surface area contributed by atoms with Gasteiger partial charge in [-0.3, -0.25) is 14.7 Å². The van der Waals surface area contributed by atoms with E-state index < -0.39 is 50.6 Å². The average Bonchev–Trinajstić information content (AvgIpc) is 0.806. The van der Waals surface area contributed by atoms with E-state index in [9.17, 15) is 43.3 Å². The van der Waals surface area contributed by atoms with E-state index in [0.717, 1.165) is 94.6 Å². The van der Waals surface area contributed by atoms with Gasteiger partial charge in [0.2, 0.25) is 22.5 Å². The maximum atomic E-state index is 12.5. The van der Waals surface area contributed by atoms with E-state index in [1.54, 1.807) is 135 Å². The zero-order valence-electron chi connectivity index (χ0n) is 75.6. The van der Waals surface area contributed by atoms with Gasteiger partial charge in [0.25, 0.3) is 0 Å². The molecule has 4 aromatic heterocycles. The number of amides is 2. The standard InChI is InChI=1S/C28H35ClN6O4S.C23H27ClN6O2S.C16H25N3O2.C12H11Cl2N3O2S.C8H10O2S.C4HCl3N2/c1-5-40(37,38)24-9-7-6-8-23(24)32-25-22(29)18-30-26(33-25)31-21-12-10-20(11-13-21)19-34-14-16-35(17-15-34)27(36)39-28(2,3)4;1-2-33(31,32)21-6-4-3-5-20(21)28-22-19(24)15-26-23(29-22)27-18-9-7-17(8-10-18)16-30-13-11-25-12-14-30;1-16(2,3)21-15(20)19-10-8-18(9-11-19)12-13-4-6-14(17)7-5-13;1-2-20(18,19)10-6-4-3-5-9(10)16-11-8(13)7-15-12(14)17-11;1-2-11(9,10)8-6-4-3-5-7-8;5-2-1-8-4(7)9-3(2)6/h6-13,18H,5,14-17,19H2,1-4H3,(H2,30,31,32,33);3-10,15,25H,2,11-14,16H2,1H3,(H2,26,27,28,29);4-7H,8-12,17H2,1-3H3;3-7H,2H2,1H3,(H,15,16,17);3-7H,2H2,1H3;1H. The first kappa shape index (κ1) is 108. The number of nitrogens with one attached hydrogen (secondary N) is 6. The Labute approximate surface area is 818 Å². The molecule has 3 saturated heterocycles. The quantitative estimate of drug-likeness (QED) is 0.0168. The van der Waals surface area contributed by atoms with Crippen LogP contribution in [0.2, 0.25) is 35.8 Å². The normalized spacial score (nSPS) is 13.9. The van der Waals surface area contributed by atoms with Crippen molar-refractivity contribution in [2.45, 2.75) is 120 Å². The molecule has 0 aliphatic carbocycles. The van der Waals surface area contributed by atoms with E-state index in [0.29, 0.717) is 76.7 Å². The smallest absolute Gasteiger partial charge is 0.410 e. The Morgan fingerprint density at radius 2 is 0.687 bits per heavy atom. The van der Waals surface area contributed by atoms with E-state index >= 15 is 0 Å². The molecule has 7 aromatic carbocycles. The summed E-state index contributed by atoms with van der Waals surface area (Å²) in [5, 5.41) is 20.1.